The lowest BCUT2D eigenvalue weighted by Gasteiger charge is -2.08. The first-order valence-electron chi connectivity index (χ1n) is 4.05. The van der Waals surface area contributed by atoms with E-state index in [2.05, 4.69) is 4.98 Å². The summed E-state index contributed by atoms with van der Waals surface area (Å²) in [6.45, 7) is 1.49. The van der Waals surface area contributed by atoms with Gasteiger partial charge in [0, 0.05) is 5.88 Å². The zero-order valence-electron chi connectivity index (χ0n) is 7.80. The van der Waals surface area contributed by atoms with E-state index < -0.39 is 18.1 Å². The summed E-state index contributed by atoms with van der Waals surface area (Å²) < 4.78 is 25.0. The first-order chi connectivity index (χ1) is 6.97. The van der Waals surface area contributed by atoms with E-state index in [9.17, 15) is 13.6 Å². The standard InChI is InChI=1S/C9H8ClF2NO2/c1-4-2-5(3-10)7(8(11)12)13-6(4)9(14)15/h2,8H,3H2,1H3,(H,14,15). The van der Waals surface area contributed by atoms with Crippen molar-refractivity contribution < 1.29 is 18.7 Å². The molecule has 0 radical (unpaired) electrons. The van der Waals surface area contributed by atoms with E-state index in [0.717, 1.165) is 0 Å². The van der Waals surface area contributed by atoms with Crippen LogP contribution in [0.3, 0.4) is 0 Å². The van der Waals surface area contributed by atoms with Gasteiger partial charge in [0.2, 0.25) is 0 Å². The Labute approximate surface area is 89.7 Å². The molecular weight excluding hydrogens is 228 g/mol. The highest BCUT2D eigenvalue weighted by atomic mass is 35.5. The molecule has 6 heteroatoms. The van der Waals surface area contributed by atoms with Crippen molar-refractivity contribution in [3.05, 3.63) is 28.6 Å². The molecule has 0 aliphatic rings. The Balaban J connectivity index is 3.37. The van der Waals surface area contributed by atoms with Crippen molar-refractivity contribution in [2.75, 3.05) is 0 Å². The molecule has 1 N–H and O–H groups in total. The van der Waals surface area contributed by atoms with Gasteiger partial charge in [-0.1, -0.05) is 6.07 Å². The first kappa shape index (κ1) is 11.8. The van der Waals surface area contributed by atoms with Crippen LogP contribution >= 0.6 is 11.6 Å². The number of halogens is 3. The lowest BCUT2D eigenvalue weighted by atomic mass is 10.1. The van der Waals surface area contributed by atoms with Crippen LogP contribution in [-0.4, -0.2) is 16.1 Å². The van der Waals surface area contributed by atoms with Gasteiger partial charge in [-0.15, -0.1) is 11.6 Å². The molecule has 0 unspecified atom stereocenters. The van der Waals surface area contributed by atoms with Gasteiger partial charge in [0.1, 0.15) is 5.69 Å². The molecule has 1 aromatic rings. The quantitative estimate of drug-likeness (QED) is 0.820. The minimum absolute atomic E-state index is 0.118. The lowest BCUT2D eigenvalue weighted by molar-refractivity contribution is 0.0687. The summed E-state index contributed by atoms with van der Waals surface area (Å²) in [4.78, 5) is 14.1. The number of aromatic nitrogens is 1. The molecule has 0 saturated heterocycles. The number of nitrogens with zero attached hydrogens (tertiary/aromatic N) is 1. The molecule has 15 heavy (non-hydrogen) atoms. The SMILES string of the molecule is Cc1cc(CCl)c(C(F)F)nc1C(=O)O. The number of pyridine rings is 1. The maximum atomic E-state index is 12.5. The predicted molar refractivity (Wildman–Crippen MR) is 50.4 cm³/mol. The van der Waals surface area contributed by atoms with Crippen LogP contribution in [-0.2, 0) is 5.88 Å². The van der Waals surface area contributed by atoms with Gasteiger partial charge in [0.25, 0.3) is 6.43 Å². The Morgan fingerprint density at radius 1 is 1.67 bits per heavy atom. The average Bonchev–Trinajstić information content (AvgIpc) is 2.16. The fourth-order valence-electron chi connectivity index (χ4n) is 1.20. The van der Waals surface area contributed by atoms with Gasteiger partial charge >= 0.3 is 5.97 Å². The Bertz CT molecular complexity index is 396. The zero-order valence-corrected chi connectivity index (χ0v) is 8.55. The summed E-state index contributed by atoms with van der Waals surface area (Å²) >= 11 is 5.46. The molecule has 0 spiro atoms. The van der Waals surface area contributed by atoms with Gasteiger partial charge in [-0.25, -0.2) is 18.6 Å². The van der Waals surface area contributed by atoms with E-state index in [1.807, 2.05) is 0 Å². The molecule has 82 valence electrons. The second kappa shape index (κ2) is 4.53. The molecule has 0 saturated carbocycles. The highest BCUT2D eigenvalue weighted by Gasteiger charge is 2.19. The van der Waals surface area contributed by atoms with Crippen molar-refractivity contribution in [1.82, 2.24) is 4.98 Å². The van der Waals surface area contributed by atoms with E-state index in [1.54, 1.807) is 0 Å². The molecule has 0 amide bonds. The van der Waals surface area contributed by atoms with Crippen LogP contribution in [0.25, 0.3) is 0 Å². The second-order valence-electron chi connectivity index (χ2n) is 2.94. The number of carboxylic acids is 1. The van der Waals surface area contributed by atoms with Crippen molar-refractivity contribution in [2.45, 2.75) is 19.2 Å². The van der Waals surface area contributed by atoms with Crippen LogP contribution < -0.4 is 0 Å². The molecule has 0 aromatic carbocycles. The molecule has 1 aromatic heterocycles. The fraction of sp³-hybridized carbons (Fsp3) is 0.333. The number of carboxylic acid groups (broad SMARTS) is 1. The van der Waals surface area contributed by atoms with Crippen LogP contribution in [0.5, 0.6) is 0 Å². The number of aryl methyl sites for hydroxylation is 1. The monoisotopic (exact) mass is 235 g/mol. The van der Waals surface area contributed by atoms with E-state index in [4.69, 9.17) is 16.7 Å². The van der Waals surface area contributed by atoms with Crippen molar-refractivity contribution in [3.8, 4) is 0 Å². The van der Waals surface area contributed by atoms with Gasteiger partial charge in [-0.3, -0.25) is 0 Å². The van der Waals surface area contributed by atoms with Crippen molar-refractivity contribution in [1.29, 1.82) is 0 Å². The Hall–Kier alpha value is -1.23. The lowest BCUT2D eigenvalue weighted by Crippen LogP contribution is -2.08. The molecule has 1 rings (SSSR count). The highest BCUT2D eigenvalue weighted by Crippen LogP contribution is 2.24. The van der Waals surface area contributed by atoms with Crippen molar-refractivity contribution in [2.24, 2.45) is 0 Å². The Kier molecular flexibility index (Phi) is 3.57. The second-order valence-corrected chi connectivity index (χ2v) is 3.20. The molecule has 0 atom stereocenters. The smallest absolute Gasteiger partial charge is 0.354 e. The van der Waals surface area contributed by atoms with Gasteiger partial charge < -0.3 is 5.11 Å². The maximum absolute atomic E-state index is 12.5. The Morgan fingerprint density at radius 3 is 2.67 bits per heavy atom. The topological polar surface area (TPSA) is 50.2 Å². The van der Waals surface area contributed by atoms with Crippen LogP contribution in [0.2, 0.25) is 0 Å². The van der Waals surface area contributed by atoms with E-state index in [1.165, 1.54) is 13.0 Å². The molecule has 1 heterocycles. The normalized spacial score (nSPS) is 10.7. The molecule has 3 nitrogen and oxygen atoms in total. The summed E-state index contributed by atoms with van der Waals surface area (Å²) in [6, 6.07) is 1.32. The minimum Gasteiger partial charge on any atom is -0.477 e. The maximum Gasteiger partial charge on any atom is 0.354 e. The molecule has 0 bridgehead atoms. The molecule has 0 aliphatic heterocycles. The summed E-state index contributed by atoms with van der Waals surface area (Å²) in [5.74, 6) is -1.44. The number of carbonyl (C=O) groups is 1. The van der Waals surface area contributed by atoms with Crippen LogP contribution in [0.15, 0.2) is 6.07 Å². The minimum atomic E-state index is -2.82. The van der Waals surface area contributed by atoms with Crippen molar-refractivity contribution >= 4 is 17.6 Å². The largest absolute Gasteiger partial charge is 0.477 e. The van der Waals surface area contributed by atoms with Gasteiger partial charge in [-0.05, 0) is 18.1 Å². The summed E-state index contributed by atoms with van der Waals surface area (Å²) in [5, 5.41) is 8.70. The van der Waals surface area contributed by atoms with Gasteiger partial charge in [0.15, 0.2) is 5.69 Å². The number of hydrogen-bond donors (Lipinski definition) is 1. The van der Waals surface area contributed by atoms with Crippen LogP contribution in [0, 0.1) is 6.92 Å². The van der Waals surface area contributed by atoms with Crippen LogP contribution in [0.1, 0.15) is 33.7 Å². The average molecular weight is 236 g/mol. The Morgan fingerprint density at radius 2 is 2.27 bits per heavy atom. The summed E-state index contributed by atoms with van der Waals surface area (Å²) in [5.41, 5.74) is -0.441. The van der Waals surface area contributed by atoms with E-state index >= 15 is 0 Å². The number of hydrogen-bond acceptors (Lipinski definition) is 2. The number of aromatic carboxylic acids is 1. The fourth-order valence-corrected chi connectivity index (χ4v) is 1.41. The third-order valence-corrected chi connectivity index (χ3v) is 2.17. The highest BCUT2D eigenvalue weighted by molar-refractivity contribution is 6.17. The predicted octanol–water partition coefficient (Wildman–Crippen LogP) is 2.76. The van der Waals surface area contributed by atoms with E-state index in [-0.39, 0.29) is 17.1 Å². The summed E-state index contributed by atoms with van der Waals surface area (Å²) in [7, 11) is 0. The molecular formula is C9H8ClF2NO2. The molecule has 0 fully saturated rings. The third-order valence-electron chi connectivity index (χ3n) is 1.88. The molecule has 0 aliphatic carbocycles. The van der Waals surface area contributed by atoms with Gasteiger partial charge in [-0.2, -0.15) is 0 Å². The van der Waals surface area contributed by atoms with Crippen LogP contribution in [0.4, 0.5) is 8.78 Å². The zero-order chi connectivity index (χ0) is 11.6. The van der Waals surface area contributed by atoms with E-state index in [0.29, 0.717) is 5.56 Å². The third kappa shape index (κ3) is 2.41. The first-order valence-corrected chi connectivity index (χ1v) is 4.58. The number of rotatable bonds is 3. The van der Waals surface area contributed by atoms with Crippen molar-refractivity contribution in [3.63, 3.8) is 0 Å². The number of alkyl halides is 3. The van der Waals surface area contributed by atoms with Gasteiger partial charge in [0.05, 0.1) is 0 Å². The summed E-state index contributed by atoms with van der Waals surface area (Å²) in [6.07, 6.45) is -2.82.